The number of aliphatic hydroxyl groups is 1. The second-order valence-electron chi connectivity index (χ2n) is 6.58. The quantitative estimate of drug-likeness (QED) is 0.649. The number of benzene rings is 1. The molecule has 3 aromatic rings. The summed E-state index contributed by atoms with van der Waals surface area (Å²) >= 11 is 0. The molecule has 0 fully saturated rings. The third-order valence-electron chi connectivity index (χ3n) is 4.92. The molecule has 4 rings (SSSR count). The van der Waals surface area contributed by atoms with Gasteiger partial charge in [-0.25, -0.2) is 0 Å². The Morgan fingerprint density at radius 1 is 1.22 bits per heavy atom. The highest BCUT2D eigenvalue weighted by Gasteiger charge is 2.29. The van der Waals surface area contributed by atoms with E-state index in [1.54, 1.807) is 17.0 Å². The molecule has 1 aliphatic heterocycles. The summed E-state index contributed by atoms with van der Waals surface area (Å²) in [5, 5.41) is 13.4. The number of rotatable bonds is 4. The number of hydrogen-bond acceptors (Lipinski definition) is 4. The number of H-pyrrole nitrogens is 1. The fraction of sp³-hybridized carbons (Fsp3) is 0.250. The Kier molecular flexibility index (Phi) is 4.60. The van der Waals surface area contributed by atoms with Crippen LogP contribution >= 0.6 is 0 Å². The molecule has 7 nitrogen and oxygen atoms in total. The lowest BCUT2D eigenvalue weighted by Crippen LogP contribution is -2.51. The van der Waals surface area contributed by atoms with Gasteiger partial charge in [-0.05, 0) is 30.2 Å². The van der Waals surface area contributed by atoms with E-state index in [9.17, 15) is 14.7 Å². The summed E-state index contributed by atoms with van der Waals surface area (Å²) in [5.74, 6) is -0.697. The van der Waals surface area contributed by atoms with Gasteiger partial charge in [0.05, 0.1) is 13.2 Å². The molecule has 0 spiro atoms. The van der Waals surface area contributed by atoms with Gasteiger partial charge in [0.15, 0.2) is 0 Å². The van der Waals surface area contributed by atoms with Crippen LogP contribution in [0, 0.1) is 0 Å². The van der Waals surface area contributed by atoms with Gasteiger partial charge in [0, 0.05) is 41.1 Å². The fourth-order valence-corrected chi connectivity index (χ4v) is 3.53. The highest BCUT2D eigenvalue weighted by molar-refractivity contribution is 5.97. The van der Waals surface area contributed by atoms with Gasteiger partial charge in [0.25, 0.3) is 5.91 Å². The SMILES string of the molecule is O=C(NC(CO)C(=O)N1CCc2c([nH]c3ccccc23)C1)c1ccncc1. The zero-order chi connectivity index (χ0) is 18.8. The van der Waals surface area contributed by atoms with Gasteiger partial charge in [-0.1, -0.05) is 18.2 Å². The fourth-order valence-electron chi connectivity index (χ4n) is 3.53. The number of pyridine rings is 1. The molecule has 0 aliphatic carbocycles. The molecule has 1 unspecified atom stereocenters. The van der Waals surface area contributed by atoms with Crippen LogP contribution in [-0.4, -0.2) is 51.0 Å². The Bertz CT molecular complexity index is 983. The number of fused-ring (bicyclic) bond motifs is 3. The lowest BCUT2D eigenvalue weighted by atomic mass is 10.0. The van der Waals surface area contributed by atoms with Crippen molar-refractivity contribution in [3.63, 3.8) is 0 Å². The van der Waals surface area contributed by atoms with Crippen molar-refractivity contribution in [3.05, 3.63) is 65.6 Å². The molecular weight excluding hydrogens is 344 g/mol. The minimum absolute atomic E-state index is 0.288. The molecule has 0 saturated carbocycles. The Labute approximate surface area is 156 Å². The zero-order valence-electron chi connectivity index (χ0n) is 14.7. The lowest BCUT2D eigenvalue weighted by molar-refractivity contribution is -0.135. The minimum atomic E-state index is -0.975. The van der Waals surface area contributed by atoms with Crippen molar-refractivity contribution in [2.75, 3.05) is 13.2 Å². The second kappa shape index (κ2) is 7.20. The maximum absolute atomic E-state index is 12.8. The van der Waals surface area contributed by atoms with Gasteiger partial charge in [-0.15, -0.1) is 0 Å². The van der Waals surface area contributed by atoms with E-state index in [0.29, 0.717) is 18.7 Å². The van der Waals surface area contributed by atoms with Gasteiger partial charge in [-0.3, -0.25) is 14.6 Å². The zero-order valence-corrected chi connectivity index (χ0v) is 14.7. The largest absolute Gasteiger partial charge is 0.394 e. The molecule has 0 radical (unpaired) electrons. The molecule has 138 valence electrons. The molecule has 1 aliphatic rings. The van der Waals surface area contributed by atoms with E-state index in [4.69, 9.17) is 0 Å². The van der Waals surface area contributed by atoms with Crippen LogP contribution in [0.15, 0.2) is 48.8 Å². The van der Waals surface area contributed by atoms with E-state index in [0.717, 1.165) is 17.6 Å². The summed E-state index contributed by atoms with van der Waals surface area (Å²) < 4.78 is 0. The average Bonchev–Trinajstić information content (AvgIpc) is 3.09. The monoisotopic (exact) mass is 364 g/mol. The number of carbonyl (C=O) groups is 2. The first-order valence-electron chi connectivity index (χ1n) is 8.86. The number of para-hydroxylation sites is 1. The van der Waals surface area contributed by atoms with Crippen LogP contribution in [0.25, 0.3) is 10.9 Å². The van der Waals surface area contributed by atoms with E-state index in [1.165, 1.54) is 23.3 Å². The van der Waals surface area contributed by atoms with E-state index in [2.05, 4.69) is 21.4 Å². The first-order chi connectivity index (χ1) is 13.2. The van der Waals surface area contributed by atoms with Gasteiger partial charge in [-0.2, -0.15) is 0 Å². The third kappa shape index (κ3) is 3.29. The third-order valence-corrected chi connectivity index (χ3v) is 4.92. The molecule has 2 amide bonds. The second-order valence-corrected chi connectivity index (χ2v) is 6.58. The topological polar surface area (TPSA) is 98.3 Å². The van der Waals surface area contributed by atoms with Crippen molar-refractivity contribution >= 4 is 22.7 Å². The molecule has 0 saturated heterocycles. The number of nitrogens with one attached hydrogen (secondary N) is 2. The van der Waals surface area contributed by atoms with Crippen molar-refractivity contribution in [1.29, 1.82) is 0 Å². The summed E-state index contributed by atoms with van der Waals surface area (Å²) in [6, 6.07) is 10.2. The number of amides is 2. The van der Waals surface area contributed by atoms with Crippen LogP contribution in [0.3, 0.4) is 0 Å². The minimum Gasteiger partial charge on any atom is -0.394 e. The van der Waals surface area contributed by atoms with Crippen molar-refractivity contribution in [2.45, 2.75) is 19.0 Å². The number of nitrogens with zero attached hydrogens (tertiary/aromatic N) is 2. The molecule has 1 aromatic carbocycles. The first kappa shape index (κ1) is 17.2. The molecule has 3 heterocycles. The molecule has 7 heteroatoms. The van der Waals surface area contributed by atoms with Gasteiger partial charge in [0.2, 0.25) is 5.91 Å². The van der Waals surface area contributed by atoms with E-state index < -0.39 is 18.6 Å². The van der Waals surface area contributed by atoms with Gasteiger partial charge in [0.1, 0.15) is 6.04 Å². The number of aromatic amines is 1. The lowest BCUT2D eigenvalue weighted by Gasteiger charge is -2.30. The summed E-state index contributed by atoms with van der Waals surface area (Å²) in [4.78, 5) is 34.0. The Morgan fingerprint density at radius 2 is 2.00 bits per heavy atom. The summed E-state index contributed by atoms with van der Waals surface area (Å²) in [6.45, 7) is 0.533. The van der Waals surface area contributed by atoms with Crippen LogP contribution in [0.4, 0.5) is 0 Å². The van der Waals surface area contributed by atoms with Crippen LogP contribution in [-0.2, 0) is 17.8 Å². The Hall–Kier alpha value is -3.19. The summed E-state index contributed by atoms with van der Waals surface area (Å²) in [5.41, 5.74) is 3.69. The Morgan fingerprint density at radius 3 is 2.78 bits per heavy atom. The molecule has 27 heavy (non-hydrogen) atoms. The van der Waals surface area contributed by atoms with Gasteiger partial charge < -0.3 is 20.3 Å². The number of aromatic nitrogens is 2. The first-order valence-corrected chi connectivity index (χ1v) is 8.86. The molecule has 0 bridgehead atoms. The van der Waals surface area contributed by atoms with Crippen LogP contribution in [0.1, 0.15) is 21.6 Å². The van der Waals surface area contributed by atoms with E-state index >= 15 is 0 Å². The molecular formula is C20H20N4O3. The maximum Gasteiger partial charge on any atom is 0.252 e. The maximum atomic E-state index is 12.8. The van der Waals surface area contributed by atoms with Crippen molar-refractivity contribution in [2.24, 2.45) is 0 Å². The normalized spacial score (nSPS) is 14.6. The predicted molar refractivity (Wildman–Crippen MR) is 100.0 cm³/mol. The van der Waals surface area contributed by atoms with Crippen LogP contribution in [0.2, 0.25) is 0 Å². The smallest absolute Gasteiger partial charge is 0.252 e. The van der Waals surface area contributed by atoms with Crippen LogP contribution in [0.5, 0.6) is 0 Å². The van der Waals surface area contributed by atoms with Gasteiger partial charge >= 0.3 is 0 Å². The Balaban J connectivity index is 1.49. The molecule has 3 N–H and O–H groups in total. The van der Waals surface area contributed by atoms with E-state index in [1.807, 2.05) is 18.2 Å². The van der Waals surface area contributed by atoms with Crippen molar-refractivity contribution in [1.82, 2.24) is 20.2 Å². The number of aliphatic hydroxyl groups excluding tert-OH is 1. The molecule has 1 atom stereocenters. The van der Waals surface area contributed by atoms with E-state index in [-0.39, 0.29) is 5.91 Å². The number of hydrogen-bond donors (Lipinski definition) is 3. The van der Waals surface area contributed by atoms with Crippen molar-refractivity contribution in [3.8, 4) is 0 Å². The highest BCUT2D eigenvalue weighted by Crippen LogP contribution is 2.27. The van der Waals surface area contributed by atoms with Crippen molar-refractivity contribution < 1.29 is 14.7 Å². The standard InChI is InChI=1S/C20H20N4O3/c25-12-18(23-19(26)13-5-8-21-9-6-13)20(27)24-10-7-15-14-3-1-2-4-16(14)22-17(15)11-24/h1-6,8-9,18,22,25H,7,10-12H2,(H,23,26). The number of carbonyl (C=O) groups excluding carboxylic acids is 2. The summed E-state index contributed by atoms with van der Waals surface area (Å²) in [6.07, 6.45) is 3.75. The van der Waals surface area contributed by atoms with Crippen LogP contribution < -0.4 is 5.32 Å². The molecule has 2 aromatic heterocycles. The highest BCUT2D eigenvalue weighted by atomic mass is 16.3. The predicted octanol–water partition coefficient (Wildman–Crippen LogP) is 1.24. The summed E-state index contributed by atoms with van der Waals surface area (Å²) in [7, 11) is 0. The average molecular weight is 364 g/mol.